The number of H-pyrrole nitrogens is 1. The van der Waals surface area contributed by atoms with Gasteiger partial charge in [0.15, 0.2) is 5.69 Å². The van der Waals surface area contributed by atoms with Crippen LogP contribution in [-0.2, 0) is 6.18 Å². The molecule has 1 aromatic carbocycles. The number of nitrogens with zero attached hydrogens (tertiary/aromatic N) is 4. The molecule has 0 amide bonds. The smallest absolute Gasteiger partial charge is 0.299 e. The van der Waals surface area contributed by atoms with Gasteiger partial charge in [0.2, 0.25) is 0 Å². The molecule has 3 heterocycles. The number of halogens is 3. The number of hydrogen-bond donors (Lipinski definition) is 1. The lowest BCUT2D eigenvalue weighted by Crippen LogP contribution is -2.04. The molecule has 0 bridgehead atoms. The molecule has 3 aromatic heterocycles. The minimum absolute atomic E-state index is 0.201. The number of aromatic amines is 1. The van der Waals surface area contributed by atoms with Crippen LogP contribution in [0.4, 0.5) is 13.2 Å². The molecule has 8 heteroatoms. The summed E-state index contributed by atoms with van der Waals surface area (Å²) >= 11 is 0. The van der Waals surface area contributed by atoms with E-state index in [9.17, 15) is 13.2 Å². The average Bonchev–Trinajstić information content (AvgIpc) is 3.21. The molecule has 0 saturated carbocycles. The van der Waals surface area contributed by atoms with Gasteiger partial charge in [-0.1, -0.05) is 0 Å². The number of rotatable bonds is 2. The van der Waals surface area contributed by atoms with Gasteiger partial charge in [0, 0.05) is 35.2 Å². The number of benzene rings is 1. The highest BCUT2D eigenvalue weighted by Gasteiger charge is 2.35. The number of aromatic nitrogens is 5. The Morgan fingerprint density at radius 1 is 1.04 bits per heavy atom. The van der Waals surface area contributed by atoms with E-state index in [-0.39, 0.29) is 5.82 Å². The largest absolute Gasteiger partial charge is 0.434 e. The Hall–Kier alpha value is -3.16. The van der Waals surface area contributed by atoms with Crippen molar-refractivity contribution in [3.63, 3.8) is 0 Å². The zero-order valence-corrected chi connectivity index (χ0v) is 12.1. The summed E-state index contributed by atoms with van der Waals surface area (Å²) in [5, 5.41) is 7.54. The van der Waals surface area contributed by atoms with Crippen LogP contribution in [0.15, 0.2) is 55.1 Å². The van der Waals surface area contributed by atoms with Crippen molar-refractivity contribution in [1.82, 2.24) is 24.7 Å². The highest BCUT2D eigenvalue weighted by molar-refractivity contribution is 5.80. The zero-order chi connectivity index (χ0) is 16.7. The molecule has 0 unspecified atom stereocenters. The van der Waals surface area contributed by atoms with E-state index in [1.807, 2.05) is 0 Å². The van der Waals surface area contributed by atoms with Gasteiger partial charge in [0.1, 0.15) is 5.82 Å². The Balaban J connectivity index is 1.94. The van der Waals surface area contributed by atoms with Crippen LogP contribution in [0.2, 0.25) is 0 Å². The van der Waals surface area contributed by atoms with Crippen LogP contribution in [0.3, 0.4) is 0 Å². The summed E-state index contributed by atoms with van der Waals surface area (Å²) in [5.74, 6) is 0.201. The van der Waals surface area contributed by atoms with Crippen molar-refractivity contribution in [2.24, 2.45) is 0 Å². The van der Waals surface area contributed by atoms with E-state index in [0.717, 1.165) is 17.1 Å². The number of fused-ring (bicyclic) bond motifs is 1. The summed E-state index contributed by atoms with van der Waals surface area (Å²) in [6.07, 6.45) is 1.12. The second kappa shape index (κ2) is 5.19. The summed E-state index contributed by atoms with van der Waals surface area (Å²) in [5.41, 5.74) is 0.980. The first kappa shape index (κ1) is 14.4. The Morgan fingerprint density at radius 2 is 1.83 bits per heavy atom. The van der Waals surface area contributed by atoms with Crippen molar-refractivity contribution >= 4 is 10.9 Å². The van der Waals surface area contributed by atoms with E-state index in [1.165, 1.54) is 17.0 Å². The maximum absolute atomic E-state index is 13.1. The summed E-state index contributed by atoms with van der Waals surface area (Å²) in [6, 6.07) is 8.48. The first-order valence-electron chi connectivity index (χ1n) is 7.03. The Morgan fingerprint density at radius 3 is 2.58 bits per heavy atom. The van der Waals surface area contributed by atoms with E-state index < -0.39 is 11.9 Å². The molecule has 24 heavy (non-hydrogen) atoms. The number of nitrogens with one attached hydrogen (secondary N) is 1. The van der Waals surface area contributed by atoms with Gasteiger partial charge < -0.3 is 0 Å². The molecule has 0 spiro atoms. The maximum atomic E-state index is 13.1. The second-order valence-corrected chi connectivity index (χ2v) is 5.19. The quantitative estimate of drug-likeness (QED) is 0.608. The normalized spacial score (nSPS) is 12.0. The summed E-state index contributed by atoms with van der Waals surface area (Å²) in [4.78, 5) is 7.67. The van der Waals surface area contributed by atoms with Crippen LogP contribution < -0.4 is 0 Å². The number of pyridine rings is 1. The highest BCUT2D eigenvalue weighted by Crippen LogP contribution is 2.32. The maximum Gasteiger partial charge on any atom is 0.434 e. The molecule has 0 saturated heterocycles. The lowest BCUT2D eigenvalue weighted by Gasteiger charge is -2.07. The molecule has 0 aliphatic heterocycles. The van der Waals surface area contributed by atoms with Gasteiger partial charge in [-0.3, -0.25) is 14.6 Å². The van der Waals surface area contributed by atoms with Crippen LogP contribution in [0.25, 0.3) is 28.0 Å². The van der Waals surface area contributed by atoms with Crippen LogP contribution >= 0.6 is 0 Å². The SMILES string of the molecule is FC(F)(F)c1cn(-c2ccc3[nH]ncc3c2)c(-c2ccncc2)n1. The molecule has 120 valence electrons. The molecule has 5 nitrogen and oxygen atoms in total. The molecule has 0 fully saturated rings. The molecule has 0 aliphatic rings. The highest BCUT2D eigenvalue weighted by atomic mass is 19.4. The van der Waals surface area contributed by atoms with Gasteiger partial charge in [-0.15, -0.1) is 0 Å². The van der Waals surface area contributed by atoms with E-state index in [2.05, 4.69) is 20.2 Å². The average molecular weight is 329 g/mol. The van der Waals surface area contributed by atoms with Gasteiger partial charge >= 0.3 is 6.18 Å². The predicted octanol–water partition coefficient (Wildman–Crippen LogP) is 3.83. The van der Waals surface area contributed by atoms with Crippen molar-refractivity contribution in [1.29, 1.82) is 0 Å². The summed E-state index contributed by atoms with van der Waals surface area (Å²) in [6.45, 7) is 0. The van der Waals surface area contributed by atoms with Crippen LogP contribution in [0, 0.1) is 0 Å². The first-order valence-corrected chi connectivity index (χ1v) is 7.03. The topological polar surface area (TPSA) is 59.4 Å². The second-order valence-electron chi connectivity index (χ2n) is 5.19. The Bertz CT molecular complexity index is 1000. The van der Waals surface area contributed by atoms with E-state index in [1.54, 1.807) is 36.5 Å². The van der Waals surface area contributed by atoms with Crippen molar-refractivity contribution in [3.8, 4) is 17.1 Å². The molecule has 0 atom stereocenters. The number of imidazole rings is 1. The lowest BCUT2D eigenvalue weighted by molar-refractivity contribution is -0.140. The molecular formula is C16H10F3N5. The fourth-order valence-corrected chi connectivity index (χ4v) is 2.50. The van der Waals surface area contributed by atoms with Gasteiger partial charge in [0.25, 0.3) is 0 Å². The third-order valence-corrected chi connectivity index (χ3v) is 3.64. The van der Waals surface area contributed by atoms with Crippen molar-refractivity contribution in [2.75, 3.05) is 0 Å². The fourth-order valence-electron chi connectivity index (χ4n) is 2.50. The van der Waals surface area contributed by atoms with Crippen LogP contribution in [0.1, 0.15) is 5.69 Å². The van der Waals surface area contributed by atoms with E-state index in [4.69, 9.17) is 0 Å². The lowest BCUT2D eigenvalue weighted by atomic mass is 10.2. The molecule has 1 N–H and O–H groups in total. The first-order chi connectivity index (χ1) is 11.5. The van der Waals surface area contributed by atoms with Gasteiger partial charge in [0.05, 0.1) is 11.7 Å². The molecule has 4 aromatic rings. The summed E-state index contributed by atoms with van der Waals surface area (Å²) in [7, 11) is 0. The van der Waals surface area contributed by atoms with Gasteiger partial charge in [-0.05, 0) is 30.3 Å². The minimum atomic E-state index is -4.52. The van der Waals surface area contributed by atoms with Crippen molar-refractivity contribution in [2.45, 2.75) is 6.18 Å². The zero-order valence-electron chi connectivity index (χ0n) is 12.1. The molecule has 0 aliphatic carbocycles. The molecular weight excluding hydrogens is 319 g/mol. The fraction of sp³-hybridized carbons (Fsp3) is 0.0625. The van der Waals surface area contributed by atoms with Crippen LogP contribution in [0.5, 0.6) is 0 Å². The third kappa shape index (κ3) is 2.41. The molecule has 4 rings (SSSR count). The standard InChI is InChI=1S/C16H10F3N5/c17-16(18,19)14-9-24(15(22-14)10-3-5-20-6-4-10)12-1-2-13-11(7-12)8-21-23-13/h1-9H,(H,21,23). The molecule has 0 radical (unpaired) electrons. The summed E-state index contributed by atoms with van der Waals surface area (Å²) < 4.78 is 40.8. The van der Waals surface area contributed by atoms with Crippen molar-refractivity contribution in [3.05, 3.63) is 60.8 Å². The third-order valence-electron chi connectivity index (χ3n) is 3.64. The van der Waals surface area contributed by atoms with E-state index >= 15 is 0 Å². The van der Waals surface area contributed by atoms with Gasteiger partial charge in [-0.2, -0.15) is 18.3 Å². The Labute approximate surface area is 133 Å². The van der Waals surface area contributed by atoms with Crippen LogP contribution in [-0.4, -0.2) is 24.7 Å². The van der Waals surface area contributed by atoms with Crippen molar-refractivity contribution < 1.29 is 13.2 Å². The van der Waals surface area contributed by atoms with Gasteiger partial charge in [-0.25, -0.2) is 4.98 Å². The number of alkyl halides is 3. The monoisotopic (exact) mass is 329 g/mol. The minimum Gasteiger partial charge on any atom is -0.299 e. The predicted molar refractivity (Wildman–Crippen MR) is 81.4 cm³/mol. The number of hydrogen-bond acceptors (Lipinski definition) is 3. The van der Waals surface area contributed by atoms with E-state index in [0.29, 0.717) is 11.3 Å². The Kier molecular flexibility index (Phi) is 3.12.